The molecule has 1 aliphatic rings. The lowest BCUT2D eigenvalue weighted by molar-refractivity contribution is -0.200. The lowest BCUT2D eigenvalue weighted by Crippen LogP contribution is -2.52. The van der Waals surface area contributed by atoms with Crippen LogP contribution < -0.4 is 15.8 Å². The predicted molar refractivity (Wildman–Crippen MR) is 143 cm³/mol. The van der Waals surface area contributed by atoms with Crippen LogP contribution in [0.25, 0.3) is 0 Å². The van der Waals surface area contributed by atoms with Crippen molar-refractivity contribution in [2.45, 2.75) is 62.1 Å². The first-order valence-electron chi connectivity index (χ1n) is 12.4. The van der Waals surface area contributed by atoms with E-state index in [1.807, 2.05) is 49.4 Å². The second kappa shape index (κ2) is 13.9. The van der Waals surface area contributed by atoms with E-state index in [4.69, 9.17) is 20.3 Å². The molecule has 0 unspecified atom stereocenters. The number of carbonyl (C=O) groups is 2. The van der Waals surface area contributed by atoms with Gasteiger partial charge in [0.05, 0.1) is 13.2 Å². The summed E-state index contributed by atoms with van der Waals surface area (Å²) in [6.07, 6.45) is -1.51. The number of aliphatic hydroxyl groups excluding tert-OH is 4. The number of amides is 2. The van der Waals surface area contributed by atoms with Gasteiger partial charge in [0.2, 0.25) is 11.8 Å². The Kier molecular flexibility index (Phi) is 11.0. The first-order valence-corrected chi connectivity index (χ1v) is 13.7. The van der Waals surface area contributed by atoms with Crippen molar-refractivity contribution in [1.82, 2.24) is 5.32 Å². The van der Waals surface area contributed by atoms with Gasteiger partial charge in [0.15, 0.2) is 0 Å². The minimum atomic E-state index is -1.30. The zero-order valence-electron chi connectivity index (χ0n) is 21.4. The van der Waals surface area contributed by atoms with Crippen LogP contribution in [0, 0.1) is 6.92 Å². The molecular formula is C27H36N2O8S. The van der Waals surface area contributed by atoms with Crippen molar-refractivity contribution < 1.29 is 39.5 Å². The van der Waals surface area contributed by atoms with Crippen LogP contribution in [0.3, 0.4) is 0 Å². The molecule has 2 aromatic rings. The molecule has 1 fully saturated rings. The summed E-state index contributed by atoms with van der Waals surface area (Å²) in [6, 6.07) is 12.3. The molecule has 38 heavy (non-hydrogen) atoms. The van der Waals surface area contributed by atoms with Crippen LogP contribution in [0.2, 0.25) is 0 Å². The average Bonchev–Trinajstić information content (AvgIpc) is 2.90. The van der Waals surface area contributed by atoms with Gasteiger partial charge in [0.25, 0.3) is 0 Å². The predicted octanol–water partition coefficient (Wildman–Crippen LogP) is 0.550. The number of primary amides is 1. The zero-order chi connectivity index (χ0) is 27.8. The number of hydrogen-bond acceptors (Lipinski definition) is 9. The molecule has 6 atom stereocenters. The Hall–Kier alpha value is -2.67. The van der Waals surface area contributed by atoms with Crippen LogP contribution in [-0.4, -0.2) is 81.5 Å². The number of thioether (sulfide) groups is 1. The summed E-state index contributed by atoms with van der Waals surface area (Å²) in [5, 5.41) is 42.4. The SMILES string of the molecule is CS[C@H]1O[C@@H](c2ccc(C)c(Cc3ccc(OCCCC(=O)N[C@@H](CO)C(N)=O)cc3)c2)[C@H](O)[C@@H](O)[C@@H]1O. The fourth-order valence-corrected chi connectivity index (χ4v) is 4.87. The third kappa shape index (κ3) is 7.68. The number of aryl methyl sites for hydroxylation is 1. The van der Waals surface area contributed by atoms with E-state index in [2.05, 4.69) is 5.32 Å². The highest BCUT2D eigenvalue weighted by Crippen LogP contribution is 2.36. The van der Waals surface area contributed by atoms with E-state index < -0.39 is 48.4 Å². The Bertz CT molecular complexity index is 1080. The highest BCUT2D eigenvalue weighted by Gasteiger charge is 2.44. The quantitative estimate of drug-likeness (QED) is 0.207. The highest BCUT2D eigenvalue weighted by molar-refractivity contribution is 7.99. The minimum absolute atomic E-state index is 0.130. The van der Waals surface area contributed by atoms with Crippen molar-refractivity contribution in [2.75, 3.05) is 19.5 Å². The molecule has 2 aromatic carbocycles. The van der Waals surface area contributed by atoms with Crippen LogP contribution in [0.4, 0.5) is 0 Å². The molecule has 7 N–H and O–H groups in total. The Labute approximate surface area is 226 Å². The summed E-state index contributed by atoms with van der Waals surface area (Å²) < 4.78 is 11.6. The Balaban J connectivity index is 1.55. The summed E-state index contributed by atoms with van der Waals surface area (Å²) in [5.41, 5.74) is 8.33. The van der Waals surface area contributed by atoms with E-state index in [-0.39, 0.29) is 12.3 Å². The number of hydrogen-bond donors (Lipinski definition) is 6. The molecule has 0 spiro atoms. The van der Waals surface area contributed by atoms with Crippen molar-refractivity contribution in [2.24, 2.45) is 5.73 Å². The Morgan fingerprint density at radius 3 is 2.45 bits per heavy atom. The van der Waals surface area contributed by atoms with Gasteiger partial charge in [-0.05, 0) is 60.4 Å². The van der Waals surface area contributed by atoms with Crippen molar-refractivity contribution in [1.29, 1.82) is 0 Å². The van der Waals surface area contributed by atoms with Gasteiger partial charge < -0.3 is 41.0 Å². The monoisotopic (exact) mass is 548 g/mol. The summed E-state index contributed by atoms with van der Waals surface area (Å²) in [5.74, 6) is -0.526. The molecule has 1 heterocycles. The first-order chi connectivity index (χ1) is 18.1. The van der Waals surface area contributed by atoms with Crippen LogP contribution in [0.15, 0.2) is 42.5 Å². The molecule has 3 rings (SSSR count). The third-order valence-corrected chi connectivity index (χ3v) is 7.35. The number of rotatable bonds is 12. The molecule has 0 bridgehead atoms. The molecule has 0 radical (unpaired) electrons. The van der Waals surface area contributed by atoms with Crippen LogP contribution in [0.5, 0.6) is 5.75 Å². The summed E-state index contributed by atoms with van der Waals surface area (Å²) >= 11 is 1.28. The summed E-state index contributed by atoms with van der Waals surface area (Å²) in [7, 11) is 0. The van der Waals surface area contributed by atoms with E-state index in [0.717, 1.165) is 22.3 Å². The first kappa shape index (κ1) is 29.9. The highest BCUT2D eigenvalue weighted by atomic mass is 32.2. The maximum Gasteiger partial charge on any atom is 0.242 e. The fourth-order valence-electron chi connectivity index (χ4n) is 4.20. The zero-order valence-corrected chi connectivity index (χ0v) is 22.3. The van der Waals surface area contributed by atoms with E-state index >= 15 is 0 Å². The van der Waals surface area contributed by atoms with Crippen molar-refractivity contribution in [3.8, 4) is 5.75 Å². The molecular weight excluding hydrogens is 512 g/mol. The number of benzene rings is 2. The van der Waals surface area contributed by atoms with Crippen LogP contribution in [-0.2, 0) is 20.7 Å². The van der Waals surface area contributed by atoms with Gasteiger partial charge in [-0.1, -0.05) is 30.3 Å². The molecule has 208 valence electrons. The number of nitrogens with two attached hydrogens (primary N) is 1. The molecule has 0 saturated carbocycles. The lowest BCUT2D eigenvalue weighted by atomic mass is 9.91. The van der Waals surface area contributed by atoms with Gasteiger partial charge >= 0.3 is 0 Å². The van der Waals surface area contributed by atoms with Gasteiger partial charge in [-0.25, -0.2) is 0 Å². The topological polar surface area (TPSA) is 172 Å². The molecule has 1 saturated heterocycles. The third-order valence-electron chi connectivity index (χ3n) is 6.50. The standard InChI is InChI=1S/C27H36N2O8S/c1-15-5-8-17(25-23(33)22(32)24(34)27(37-25)38-2)13-18(15)12-16-6-9-19(10-7-16)36-11-3-4-21(31)29-20(14-30)26(28)35/h5-10,13,20,22-25,27,30,32-34H,3-4,11-12,14H2,1-2H3,(H2,28,35)(H,29,31)/t20-,22+,23+,24-,25-,27+/m0/s1. The van der Waals surface area contributed by atoms with Gasteiger partial charge in [-0.2, -0.15) is 0 Å². The van der Waals surface area contributed by atoms with Gasteiger partial charge in [0, 0.05) is 6.42 Å². The van der Waals surface area contributed by atoms with Gasteiger partial charge in [0.1, 0.15) is 41.6 Å². The number of ether oxygens (including phenoxy) is 2. The second-order valence-electron chi connectivity index (χ2n) is 9.30. The number of aliphatic hydroxyl groups is 4. The molecule has 2 amide bonds. The lowest BCUT2D eigenvalue weighted by Gasteiger charge is -2.40. The molecule has 1 aliphatic heterocycles. The van der Waals surface area contributed by atoms with E-state index in [9.17, 15) is 24.9 Å². The smallest absolute Gasteiger partial charge is 0.242 e. The minimum Gasteiger partial charge on any atom is -0.494 e. The van der Waals surface area contributed by atoms with Gasteiger partial charge in [-0.15, -0.1) is 11.8 Å². The van der Waals surface area contributed by atoms with E-state index in [1.165, 1.54) is 11.8 Å². The maximum atomic E-state index is 11.8. The van der Waals surface area contributed by atoms with Crippen molar-refractivity contribution >= 4 is 23.6 Å². The van der Waals surface area contributed by atoms with Crippen molar-refractivity contribution in [3.63, 3.8) is 0 Å². The Morgan fingerprint density at radius 2 is 1.82 bits per heavy atom. The van der Waals surface area contributed by atoms with E-state index in [1.54, 1.807) is 6.26 Å². The Morgan fingerprint density at radius 1 is 1.11 bits per heavy atom. The molecule has 11 heteroatoms. The van der Waals surface area contributed by atoms with Crippen LogP contribution >= 0.6 is 11.8 Å². The fraction of sp³-hybridized carbons (Fsp3) is 0.481. The van der Waals surface area contributed by atoms with Crippen molar-refractivity contribution in [3.05, 3.63) is 64.7 Å². The normalized spacial score (nSPS) is 24.0. The number of carbonyl (C=O) groups excluding carboxylic acids is 2. The average molecular weight is 549 g/mol. The molecule has 0 aliphatic carbocycles. The largest absolute Gasteiger partial charge is 0.494 e. The van der Waals surface area contributed by atoms with Gasteiger partial charge in [-0.3, -0.25) is 9.59 Å². The number of nitrogens with one attached hydrogen (secondary N) is 1. The molecule has 10 nitrogen and oxygen atoms in total. The maximum absolute atomic E-state index is 11.8. The van der Waals surface area contributed by atoms with Crippen LogP contribution in [0.1, 0.15) is 41.2 Å². The molecule has 0 aromatic heterocycles. The second-order valence-corrected chi connectivity index (χ2v) is 10.2. The van der Waals surface area contributed by atoms with E-state index in [0.29, 0.717) is 25.2 Å². The summed E-state index contributed by atoms with van der Waals surface area (Å²) in [4.78, 5) is 22.9. The summed E-state index contributed by atoms with van der Waals surface area (Å²) in [6.45, 7) is 1.76.